The molecule has 1 atom stereocenters. The van der Waals surface area contributed by atoms with Crippen LogP contribution in [0.2, 0.25) is 0 Å². The number of benzene rings is 1. The van der Waals surface area contributed by atoms with Crippen LogP contribution in [0.4, 0.5) is 0 Å². The van der Waals surface area contributed by atoms with Gasteiger partial charge >= 0.3 is 5.97 Å². The number of rotatable bonds is 4. The van der Waals surface area contributed by atoms with Crippen LogP contribution < -0.4 is 0 Å². The molecule has 1 aliphatic carbocycles. The first-order chi connectivity index (χ1) is 8.74. The molecule has 0 aliphatic heterocycles. The molecule has 0 radical (unpaired) electrons. The molecule has 0 amide bonds. The number of aliphatic hydroxyl groups is 1. The minimum Gasteiger partial charge on any atom is -0.466 e. The second kappa shape index (κ2) is 6.01. The molecule has 1 aromatic carbocycles. The number of carbonyl (C=O) groups excluding carboxylic acids is 1. The number of esters is 1. The zero-order valence-corrected chi connectivity index (χ0v) is 10.8. The van der Waals surface area contributed by atoms with Crippen LogP contribution in [0.25, 0.3) is 0 Å². The molecule has 0 aromatic heterocycles. The Morgan fingerprint density at radius 2 is 2.33 bits per heavy atom. The lowest BCUT2D eigenvalue weighted by Crippen LogP contribution is -2.14. The molecule has 0 saturated heterocycles. The number of hydrogen-bond donors (Lipinski definition) is 1. The first kappa shape index (κ1) is 13.1. The van der Waals surface area contributed by atoms with Crippen LogP contribution in [-0.4, -0.2) is 24.3 Å². The minimum atomic E-state index is -0.186. The quantitative estimate of drug-likeness (QED) is 0.831. The lowest BCUT2D eigenvalue weighted by Gasteiger charge is -2.24. The van der Waals surface area contributed by atoms with Gasteiger partial charge in [0.05, 0.1) is 13.0 Å². The van der Waals surface area contributed by atoms with E-state index >= 15 is 0 Å². The van der Waals surface area contributed by atoms with Crippen molar-refractivity contribution in [1.29, 1.82) is 0 Å². The van der Waals surface area contributed by atoms with E-state index in [1.807, 2.05) is 13.0 Å². The molecule has 98 valence electrons. The minimum absolute atomic E-state index is 0.186. The van der Waals surface area contributed by atoms with Gasteiger partial charge in [0.1, 0.15) is 0 Å². The number of hydrogen-bond acceptors (Lipinski definition) is 3. The summed E-state index contributed by atoms with van der Waals surface area (Å²) < 4.78 is 4.95. The predicted molar refractivity (Wildman–Crippen MR) is 69.5 cm³/mol. The van der Waals surface area contributed by atoms with Gasteiger partial charge < -0.3 is 9.84 Å². The van der Waals surface area contributed by atoms with E-state index in [4.69, 9.17) is 4.74 Å². The van der Waals surface area contributed by atoms with Crippen LogP contribution >= 0.6 is 0 Å². The van der Waals surface area contributed by atoms with Crippen molar-refractivity contribution in [2.45, 2.75) is 38.5 Å². The van der Waals surface area contributed by atoms with Gasteiger partial charge in [-0.25, -0.2) is 0 Å². The fourth-order valence-corrected chi connectivity index (χ4v) is 2.62. The van der Waals surface area contributed by atoms with E-state index < -0.39 is 0 Å². The highest BCUT2D eigenvalue weighted by molar-refractivity contribution is 5.72. The Morgan fingerprint density at radius 3 is 3.06 bits per heavy atom. The summed E-state index contributed by atoms with van der Waals surface area (Å²) in [6.45, 7) is 2.42. The van der Waals surface area contributed by atoms with Crippen LogP contribution in [-0.2, 0) is 22.4 Å². The Hall–Kier alpha value is -1.35. The maximum Gasteiger partial charge on any atom is 0.310 e. The highest BCUT2D eigenvalue weighted by atomic mass is 16.5. The standard InChI is InChI=1S/C15H20O3/c1-2-18-15(17)9-11-6-7-12-4-3-5-13(10-16)14(12)8-11/h6-8,13,16H,2-5,9-10H2,1H3. The summed E-state index contributed by atoms with van der Waals surface area (Å²) in [6, 6.07) is 6.15. The van der Waals surface area contributed by atoms with Crippen molar-refractivity contribution in [3.8, 4) is 0 Å². The molecule has 0 bridgehead atoms. The Balaban J connectivity index is 2.17. The van der Waals surface area contributed by atoms with Crippen LogP contribution in [0.5, 0.6) is 0 Å². The van der Waals surface area contributed by atoms with E-state index in [2.05, 4.69) is 12.1 Å². The number of fused-ring (bicyclic) bond motifs is 1. The van der Waals surface area contributed by atoms with Crippen LogP contribution in [0.3, 0.4) is 0 Å². The number of ether oxygens (including phenoxy) is 1. The number of carbonyl (C=O) groups is 1. The second-order valence-electron chi connectivity index (χ2n) is 4.79. The van der Waals surface area contributed by atoms with Gasteiger partial charge in [0, 0.05) is 12.5 Å². The first-order valence-corrected chi connectivity index (χ1v) is 6.62. The summed E-state index contributed by atoms with van der Waals surface area (Å²) in [4.78, 5) is 11.5. The largest absolute Gasteiger partial charge is 0.466 e. The van der Waals surface area contributed by atoms with Crippen molar-refractivity contribution in [3.05, 3.63) is 34.9 Å². The molecule has 1 aromatic rings. The molecule has 0 heterocycles. The van der Waals surface area contributed by atoms with Crippen molar-refractivity contribution in [2.24, 2.45) is 0 Å². The summed E-state index contributed by atoms with van der Waals surface area (Å²) in [6.07, 6.45) is 3.56. The van der Waals surface area contributed by atoms with E-state index in [1.165, 1.54) is 11.1 Å². The summed E-state index contributed by atoms with van der Waals surface area (Å²) in [5, 5.41) is 9.40. The van der Waals surface area contributed by atoms with Gasteiger partial charge in [0.2, 0.25) is 0 Å². The van der Waals surface area contributed by atoms with Gasteiger partial charge in [-0.1, -0.05) is 18.2 Å². The average Bonchev–Trinajstić information content (AvgIpc) is 2.38. The Bertz CT molecular complexity index is 426. The fraction of sp³-hybridized carbons (Fsp3) is 0.533. The van der Waals surface area contributed by atoms with Gasteiger partial charge in [-0.2, -0.15) is 0 Å². The SMILES string of the molecule is CCOC(=O)Cc1ccc2c(c1)C(CO)CCC2. The summed E-state index contributed by atoms with van der Waals surface area (Å²) in [5.74, 6) is 0.0460. The molecule has 18 heavy (non-hydrogen) atoms. The smallest absolute Gasteiger partial charge is 0.310 e. The van der Waals surface area contributed by atoms with E-state index in [0.29, 0.717) is 13.0 Å². The molecule has 2 rings (SSSR count). The van der Waals surface area contributed by atoms with Crippen molar-refractivity contribution < 1.29 is 14.6 Å². The molecule has 3 nitrogen and oxygen atoms in total. The molecular formula is C15H20O3. The Kier molecular flexibility index (Phi) is 4.37. The Morgan fingerprint density at radius 1 is 1.50 bits per heavy atom. The highest BCUT2D eigenvalue weighted by Gasteiger charge is 2.20. The second-order valence-corrected chi connectivity index (χ2v) is 4.79. The van der Waals surface area contributed by atoms with Gasteiger partial charge in [-0.15, -0.1) is 0 Å². The van der Waals surface area contributed by atoms with Crippen LogP contribution in [0.15, 0.2) is 18.2 Å². The van der Waals surface area contributed by atoms with Crippen molar-refractivity contribution in [3.63, 3.8) is 0 Å². The monoisotopic (exact) mass is 248 g/mol. The third kappa shape index (κ3) is 2.91. The summed E-state index contributed by atoms with van der Waals surface area (Å²) >= 11 is 0. The van der Waals surface area contributed by atoms with Gasteiger partial charge in [-0.3, -0.25) is 4.79 Å². The van der Waals surface area contributed by atoms with Crippen molar-refractivity contribution in [2.75, 3.05) is 13.2 Å². The summed E-state index contributed by atoms with van der Waals surface area (Å²) in [5.41, 5.74) is 3.51. The lowest BCUT2D eigenvalue weighted by molar-refractivity contribution is -0.142. The number of aliphatic hydroxyl groups excluding tert-OH is 1. The van der Waals surface area contributed by atoms with Gasteiger partial charge in [0.25, 0.3) is 0 Å². The molecule has 3 heteroatoms. The highest BCUT2D eigenvalue weighted by Crippen LogP contribution is 2.31. The van der Waals surface area contributed by atoms with Crippen LogP contribution in [0.1, 0.15) is 42.4 Å². The maximum absolute atomic E-state index is 11.5. The first-order valence-electron chi connectivity index (χ1n) is 6.62. The predicted octanol–water partition coefficient (Wildman–Crippen LogP) is 2.20. The molecular weight excluding hydrogens is 228 g/mol. The number of aryl methyl sites for hydroxylation is 1. The lowest BCUT2D eigenvalue weighted by atomic mass is 9.82. The van der Waals surface area contributed by atoms with Gasteiger partial charge in [-0.05, 0) is 42.9 Å². The summed E-state index contributed by atoms with van der Waals surface area (Å²) in [7, 11) is 0. The van der Waals surface area contributed by atoms with Crippen LogP contribution in [0, 0.1) is 0 Å². The van der Waals surface area contributed by atoms with E-state index in [1.54, 1.807) is 0 Å². The van der Waals surface area contributed by atoms with E-state index in [9.17, 15) is 9.90 Å². The zero-order valence-electron chi connectivity index (χ0n) is 10.8. The average molecular weight is 248 g/mol. The molecule has 1 unspecified atom stereocenters. The third-order valence-electron chi connectivity index (χ3n) is 3.52. The van der Waals surface area contributed by atoms with Crippen molar-refractivity contribution >= 4 is 5.97 Å². The molecule has 1 N–H and O–H groups in total. The zero-order chi connectivity index (χ0) is 13.0. The third-order valence-corrected chi connectivity index (χ3v) is 3.52. The Labute approximate surface area is 108 Å². The molecule has 0 saturated carbocycles. The van der Waals surface area contributed by atoms with Gasteiger partial charge in [0.15, 0.2) is 0 Å². The van der Waals surface area contributed by atoms with E-state index in [-0.39, 0.29) is 18.5 Å². The fourth-order valence-electron chi connectivity index (χ4n) is 2.62. The molecule has 1 aliphatic rings. The molecule has 0 fully saturated rings. The van der Waals surface area contributed by atoms with Crippen molar-refractivity contribution in [1.82, 2.24) is 0 Å². The van der Waals surface area contributed by atoms with E-state index in [0.717, 1.165) is 24.8 Å². The normalized spacial score (nSPS) is 18.2. The molecule has 0 spiro atoms. The maximum atomic E-state index is 11.5. The topological polar surface area (TPSA) is 46.5 Å².